The highest BCUT2D eigenvalue weighted by atomic mass is 16.6. The van der Waals surface area contributed by atoms with Gasteiger partial charge in [0.2, 0.25) is 5.82 Å². The van der Waals surface area contributed by atoms with Crippen molar-refractivity contribution in [1.82, 2.24) is 14.7 Å². The number of esters is 1. The molecular weight excluding hydrogens is 382 g/mol. The molecule has 0 amide bonds. The van der Waals surface area contributed by atoms with E-state index in [0.29, 0.717) is 17.1 Å². The minimum Gasteiger partial charge on any atom is -0.454 e. The second-order valence-electron chi connectivity index (χ2n) is 7.29. The van der Waals surface area contributed by atoms with Crippen LogP contribution in [0.15, 0.2) is 70.1 Å². The molecular formula is C23H21N3O4. The fourth-order valence-electron chi connectivity index (χ4n) is 3.13. The van der Waals surface area contributed by atoms with Crippen LogP contribution in [0.25, 0.3) is 22.2 Å². The van der Waals surface area contributed by atoms with Crippen LogP contribution in [0.1, 0.15) is 31.2 Å². The third-order valence-electron chi connectivity index (χ3n) is 4.85. The van der Waals surface area contributed by atoms with Gasteiger partial charge in [0, 0.05) is 17.1 Å². The van der Waals surface area contributed by atoms with Crippen molar-refractivity contribution in [3.8, 4) is 11.4 Å². The molecule has 0 N–H and O–H groups in total. The van der Waals surface area contributed by atoms with Gasteiger partial charge in [-0.15, -0.1) is 0 Å². The summed E-state index contributed by atoms with van der Waals surface area (Å²) in [5.41, 5.74) is 1.80. The zero-order valence-electron chi connectivity index (χ0n) is 16.7. The van der Waals surface area contributed by atoms with E-state index in [2.05, 4.69) is 24.0 Å². The molecule has 0 aliphatic heterocycles. The molecule has 7 heteroatoms. The first-order chi connectivity index (χ1) is 14.5. The second kappa shape index (κ2) is 8.32. The number of benzene rings is 2. The van der Waals surface area contributed by atoms with Gasteiger partial charge in [0.1, 0.15) is 6.54 Å². The van der Waals surface area contributed by atoms with E-state index in [0.717, 1.165) is 10.9 Å². The van der Waals surface area contributed by atoms with Crippen molar-refractivity contribution in [2.75, 3.05) is 0 Å². The summed E-state index contributed by atoms with van der Waals surface area (Å²) in [6.45, 7) is 3.91. The largest absolute Gasteiger partial charge is 0.454 e. The maximum Gasteiger partial charge on any atom is 0.326 e. The van der Waals surface area contributed by atoms with Crippen molar-refractivity contribution in [1.29, 1.82) is 0 Å². The van der Waals surface area contributed by atoms with Gasteiger partial charge in [-0.2, -0.15) is 4.98 Å². The Morgan fingerprint density at radius 1 is 1.10 bits per heavy atom. The Hall–Kier alpha value is -3.74. The Labute approximate surface area is 172 Å². The molecule has 0 aliphatic carbocycles. The van der Waals surface area contributed by atoms with Crippen LogP contribution < -0.4 is 5.56 Å². The Kier molecular flexibility index (Phi) is 5.43. The minimum absolute atomic E-state index is 0.155. The third-order valence-corrected chi connectivity index (χ3v) is 4.85. The van der Waals surface area contributed by atoms with Crippen molar-refractivity contribution in [3.63, 3.8) is 0 Å². The molecule has 0 saturated heterocycles. The lowest BCUT2D eigenvalue weighted by atomic mass is 10.0. The van der Waals surface area contributed by atoms with E-state index in [1.165, 1.54) is 10.1 Å². The lowest BCUT2D eigenvalue weighted by molar-refractivity contribution is -0.146. The Bertz CT molecular complexity index is 1240. The topological polar surface area (TPSA) is 87.2 Å². The van der Waals surface area contributed by atoms with Gasteiger partial charge in [0.05, 0.1) is 0 Å². The molecule has 0 atom stereocenters. The Balaban J connectivity index is 1.39. The zero-order valence-corrected chi connectivity index (χ0v) is 16.7. The molecule has 4 rings (SSSR count). The summed E-state index contributed by atoms with van der Waals surface area (Å²) in [6.07, 6.45) is 1.58. The SMILES string of the molecule is CC(C)c1ccc(-c2noc(COC(=O)Cn3ccc4ccccc4c3=O)n2)cc1. The average molecular weight is 403 g/mol. The summed E-state index contributed by atoms with van der Waals surface area (Å²) < 4.78 is 11.7. The Morgan fingerprint density at radius 2 is 1.87 bits per heavy atom. The number of aromatic nitrogens is 3. The molecule has 0 radical (unpaired) electrons. The number of nitrogens with zero attached hydrogens (tertiary/aromatic N) is 3. The van der Waals surface area contributed by atoms with Gasteiger partial charge in [-0.25, -0.2) is 0 Å². The van der Waals surface area contributed by atoms with Gasteiger partial charge in [-0.3, -0.25) is 9.59 Å². The number of pyridine rings is 1. The number of rotatable bonds is 6. The summed E-state index contributed by atoms with van der Waals surface area (Å²) in [4.78, 5) is 28.9. The van der Waals surface area contributed by atoms with Crippen molar-refractivity contribution in [3.05, 3.63) is 82.6 Å². The molecule has 152 valence electrons. The van der Waals surface area contributed by atoms with E-state index in [4.69, 9.17) is 9.26 Å². The molecule has 30 heavy (non-hydrogen) atoms. The maximum atomic E-state index is 12.5. The van der Waals surface area contributed by atoms with Crippen molar-refractivity contribution < 1.29 is 14.1 Å². The monoisotopic (exact) mass is 403 g/mol. The first kappa shape index (κ1) is 19.6. The lowest BCUT2D eigenvalue weighted by Gasteiger charge is -2.06. The van der Waals surface area contributed by atoms with Gasteiger partial charge < -0.3 is 13.8 Å². The summed E-state index contributed by atoms with van der Waals surface area (Å²) >= 11 is 0. The molecule has 2 aromatic heterocycles. The summed E-state index contributed by atoms with van der Waals surface area (Å²) in [5.74, 6) is 0.502. The fourth-order valence-corrected chi connectivity index (χ4v) is 3.13. The van der Waals surface area contributed by atoms with E-state index < -0.39 is 5.97 Å². The number of carbonyl (C=O) groups excluding carboxylic acids is 1. The fraction of sp³-hybridized carbons (Fsp3) is 0.217. The standard InChI is InChI=1S/C23H21N3O4/c1-15(2)16-7-9-18(10-8-16)22-24-20(30-25-22)14-29-21(27)13-26-12-11-17-5-3-4-6-19(17)23(26)28/h3-12,15H,13-14H2,1-2H3. The number of hydrogen-bond donors (Lipinski definition) is 0. The normalized spacial score (nSPS) is 11.2. The van der Waals surface area contributed by atoms with E-state index in [-0.39, 0.29) is 24.6 Å². The molecule has 0 aliphatic rings. The summed E-state index contributed by atoms with van der Waals surface area (Å²) in [6, 6.07) is 16.9. The molecule has 0 spiro atoms. The molecule has 2 heterocycles. The third kappa shape index (κ3) is 4.15. The highest BCUT2D eigenvalue weighted by Gasteiger charge is 2.13. The van der Waals surface area contributed by atoms with Gasteiger partial charge in [-0.1, -0.05) is 61.5 Å². The van der Waals surface area contributed by atoms with Crippen LogP contribution >= 0.6 is 0 Å². The van der Waals surface area contributed by atoms with Crippen LogP contribution in [0.4, 0.5) is 0 Å². The predicted molar refractivity (Wildman–Crippen MR) is 112 cm³/mol. The minimum atomic E-state index is -0.562. The summed E-state index contributed by atoms with van der Waals surface area (Å²) in [7, 11) is 0. The zero-order chi connectivity index (χ0) is 21.1. The lowest BCUT2D eigenvalue weighted by Crippen LogP contribution is -2.24. The summed E-state index contributed by atoms with van der Waals surface area (Å²) in [5, 5.41) is 5.32. The van der Waals surface area contributed by atoms with Crippen LogP contribution in [-0.2, 0) is 22.7 Å². The molecule has 0 unspecified atom stereocenters. The molecule has 0 fully saturated rings. The van der Waals surface area contributed by atoms with Crippen LogP contribution in [0.2, 0.25) is 0 Å². The maximum absolute atomic E-state index is 12.5. The van der Waals surface area contributed by atoms with Gasteiger partial charge >= 0.3 is 5.97 Å². The van der Waals surface area contributed by atoms with Crippen molar-refractivity contribution >= 4 is 16.7 Å². The van der Waals surface area contributed by atoms with Gasteiger partial charge in [-0.05, 0) is 29.0 Å². The molecule has 0 bridgehead atoms. The van der Waals surface area contributed by atoms with Crippen LogP contribution in [0.3, 0.4) is 0 Å². The number of ether oxygens (including phenoxy) is 1. The van der Waals surface area contributed by atoms with Crippen molar-refractivity contribution in [2.24, 2.45) is 0 Å². The first-order valence-corrected chi connectivity index (χ1v) is 9.68. The van der Waals surface area contributed by atoms with E-state index >= 15 is 0 Å². The van der Waals surface area contributed by atoms with E-state index in [1.807, 2.05) is 36.4 Å². The van der Waals surface area contributed by atoms with Crippen LogP contribution in [0.5, 0.6) is 0 Å². The molecule has 4 aromatic rings. The number of fused-ring (bicyclic) bond motifs is 1. The average Bonchev–Trinajstić information content (AvgIpc) is 3.24. The van der Waals surface area contributed by atoms with Crippen LogP contribution in [-0.4, -0.2) is 20.7 Å². The number of hydrogen-bond acceptors (Lipinski definition) is 6. The van der Waals surface area contributed by atoms with Crippen LogP contribution in [0, 0.1) is 0 Å². The Morgan fingerprint density at radius 3 is 2.63 bits per heavy atom. The molecule has 2 aromatic carbocycles. The molecule has 7 nitrogen and oxygen atoms in total. The highest BCUT2D eigenvalue weighted by molar-refractivity contribution is 5.81. The van der Waals surface area contributed by atoms with E-state index in [1.54, 1.807) is 24.4 Å². The smallest absolute Gasteiger partial charge is 0.326 e. The molecule has 0 saturated carbocycles. The first-order valence-electron chi connectivity index (χ1n) is 9.68. The quantitative estimate of drug-likeness (QED) is 0.454. The van der Waals surface area contributed by atoms with Crippen molar-refractivity contribution in [2.45, 2.75) is 32.9 Å². The predicted octanol–water partition coefficient (Wildman–Crippen LogP) is 3.92. The number of carbonyl (C=O) groups is 1. The van der Waals surface area contributed by atoms with Gasteiger partial charge in [0.15, 0.2) is 6.61 Å². The highest BCUT2D eigenvalue weighted by Crippen LogP contribution is 2.20. The van der Waals surface area contributed by atoms with E-state index in [9.17, 15) is 9.59 Å². The second-order valence-corrected chi connectivity index (χ2v) is 7.29. The van der Waals surface area contributed by atoms with Gasteiger partial charge in [0.25, 0.3) is 11.4 Å².